The van der Waals surface area contributed by atoms with Crippen molar-refractivity contribution in [2.24, 2.45) is 7.05 Å². The van der Waals surface area contributed by atoms with Gasteiger partial charge in [0.2, 0.25) is 0 Å². The molecule has 0 bridgehead atoms. The molecule has 1 amide bonds. The van der Waals surface area contributed by atoms with Crippen molar-refractivity contribution in [3.05, 3.63) is 82.5 Å². The third-order valence-corrected chi connectivity index (χ3v) is 5.08. The van der Waals surface area contributed by atoms with Crippen molar-refractivity contribution in [2.45, 2.75) is 6.61 Å². The number of nitrogens with one attached hydrogen (secondary N) is 1. The summed E-state index contributed by atoms with van der Waals surface area (Å²) < 4.78 is 9.29. The number of rotatable bonds is 5. The molecule has 0 aliphatic carbocycles. The summed E-state index contributed by atoms with van der Waals surface area (Å²) in [4.78, 5) is 17.0. The van der Waals surface area contributed by atoms with Crippen LogP contribution in [0.5, 0.6) is 5.75 Å². The number of imidazole rings is 1. The van der Waals surface area contributed by atoms with E-state index in [1.54, 1.807) is 25.2 Å². The predicted octanol–water partition coefficient (Wildman–Crippen LogP) is 4.81. The van der Waals surface area contributed by atoms with Crippen LogP contribution in [0.4, 0.5) is 5.69 Å². The smallest absolute Gasteiger partial charge is 0.272 e. The molecular weight excluding hydrogens is 399 g/mol. The number of hydrogen-bond donors (Lipinski definition) is 1. The first-order chi connectivity index (χ1) is 13.5. The number of carbonyl (C=O) groups is 1. The lowest BCUT2D eigenvalue weighted by Gasteiger charge is -2.09. The van der Waals surface area contributed by atoms with Crippen molar-refractivity contribution in [3.63, 3.8) is 0 Å². The van der Waals surface area contributed by atoms with Gasteiger partial charge in [0, 0.05) is 31.2 Å². The van der Waals surface area contributed by atoms with Gasteiger partial charge in [0.25, 0.3) is 5.91 Å². The van der Waals surface area contributed by atoms with Crippen LogP contribution in [0.1, 0.15) is 16.2 Å². The Balaban J connectivity index is 1.45. The van der Waals surface area contributed by atoms with E-state index in [0.717, 1.165) is 11.3 Å². The molecule has 0 spiro atoms. The molecule has 3 heterocycles. The standard InChI is InChI=1S/C20H16Cl2N4O2/c1-25-17(10-16(21)19(25)22)20(27)24-13-5-4-6-15(9-13)28-12-14-11-26-8-3-2-7-18(26)23-14/h2-11H,12H2,1H3,(H,24,27). The Bertz CT molecular complexity index is 1130. The van der Waals surface area contributed by atoms with Crippen molar-refractivity contribution < 1.29 is 9.53 Å². The number of ether oxygens (including phenoxy) is 1. The minimum atomic E-state index is -0.311. The topological polar surface area (TPSA) is 60.6 Å². The normalized spacial score (nSPS) is 11.0. The van der Waals surface area contributed by atoms with Gasteiger partial charge in [0.1, 0.15) is 28.9 Å². The van der Waals surface area contributed by atoms with E-state index in [1.807, 2.05) is 41.1 Å². The molecule has 0 fully saturated rings. The molecule has 1 N–H and O–H groups in total. The zero-order chi connectivity index (χ0) is 19.7. The number of fused-ring (bicyclic) bond motifs is 1. The molecule has 28 heavy (non-hydrogen) atoms. The lowest BCUT2D eigenvalue weighted by molar-refractivity contribution is 0.101. The molecule has 0 saturated heterocycles. The Morgan fingerprint density at radius 2 is 2.04 bits per heavy atom. The van der Waals surface area contributed by atoms with Crippen LogP contribution in [-0.4, -0.2) is 19.9 Å². The second kappa shape index (κ2) is 7.58. The van der Waals surface area contributed by atoms with Crippen LogP contribution in [-0.2, 0) is 13.7 Å². The monoisotopic (exact) mass is 414 g/mol. The number of aromatic nitrogens is 3. The molecule has 0 aliphatic rings. The minimum Gasteiger partial charge on any atom is -0.487 e. The number of benzene rings is 1. The fourth-order valence-corrected chi connectivity index (χ4v) is 3.21. The van der Waals surface area contributed by atoms with E-state index in [9.17, 15) is 4.79 Å². The van der Waals surface area contributed by atoms with Gasteiger partial charge < -0.3 is 19.0 Å². The average Bonchev–Trinajstić information content (AvgIpc) is 3.22. The number of carbonyl (C=O) groups excluding carboxylic acids is 1. The Morgan fingerprint density at radius 1 is 1.18 bits per heavy atom. The van der Waals surface area contributed by atoms with Crippen LogP contribution in [0.2, 0.25) is 10.2 Å². The van der Waals surface area contributed by atoms with Gasteiger partial charge in [-0.25, -0.2) is 4.98 Å². The summed E-state index contributed by atoms with van der Waals surface area (Å²) in [5.41, 5.74) is 2.65. The summed E-state index contributed by atoms with van der Waals surface area (Å²) in [6.07, 6.45) is 3.86. The number of amides is 1. The average molecular weight is 415 g/mol. The van der Waals surface area contributed by atoms with E-state index < -0.39 is 0 Å². The summed E-state index contributed by atoms with van der Waals surface area (Å²) in [7, 11) is 1.68. The Morgan fingerprint density at radius 3 is 2.79 bits per heavy atom. The highest BCUT2D eigenvalue weighted by molar-refractivity contribution is 6.42. The number of pyridine rings is 1. The lowest BCUT2D eigenvalue weighted by atomic mass is 10.3. The van der Waals surface area contributed by atoms with Crippen LogP contribution in [0.25, 0.3) is 5.65 Å². The highest BCUT2D eigenvalue weighted by Crippen LogP contribution is 2.26. The third kappa shape index (κ3) is 3.69. The summed E-state index contributed by atoms with van der Waals surface area (Å²) in [6, 6.07) is 14.5. The minimum absolute atomic E-state index is 0.311. The second-order valence-corrected chi connectivity index (χ2v) is 6.96. The molecule has 3 aromatic heterocycles. The Hall–Kier alpha value is -2.96. The van der Waals surface area contributed by atoms with Gasteiger partial charge in [-0.3, -0.25) is 4.79 Å². The van der Waals surface area contributed by atoms with Crippen molar-refractivity contribution in [1.82, 2.24) is 14.0 Å². The maximum absolute atomic E-state index is 12.5. The van der Waals surface area contributed by atoms with Crippen LogP contribution in [0, 0.1) is 0 Å². The number of hydrogen-bond acceptors (Lipinski definition) is 3. The molecule has 0 saturated carbocycles. The molecule has 4 rings (SSSR count). The van der Waals surface area contributed by atoms with E-state index in [2.05, 4.69) is 10.3 Å². The van der Waals surface area contributed by atoms with E-state index in [0.29, 0.717) is 33.9 Å². The molecule has 8 heteroatoms. The van der Waals surface area contributed by atoms with Crippen LogP contribution in [0.3, 0.4) is 0 Å². The highest BCUT2D eigenvalue weighted by Gasteiger charge is 2.16. The third-order valence-electron chi connectivity index (χ3n) is 4.24. The fourth-order valence-electron chi connectivity index (χ4n) is 2.83. The fraction of sp³-hybridized carbons (Fsp3) is 0.100. The van der Waals surface area contributed by atoms with Gasteiger partial charge in [0.05, 0.1) is 10.7 Å². The van der Waals surface area contributed by atoms with E-state index in [4.69, 9.17) is 27.9 Å². The molecule has 1 aromatic carbocycles. The second-order valence-electron chi connectivity index (χ2n) is 6.20. The SMILES string of the molecule is Cn1c(C(=O)Nc2cccc(OCc3cn4ccccc4n3)c2)cc(Cl)c1Cl. The molecule has 0 aliphatic heterocycles. The highest BCUT2D eigenvalue weighted by atomic mass is 35.5. The molecule has 142 valence electrons. The molecule has 6 nitrogen and oxygen atoms in total. The van der Waals surface area contributed by atoms with Crippen molar-refractivity contribution >= 4 is 40.4 Å². The van der Waals surface area contributed by atoms with E-state index in [-0.39, 0.29) is 5.91 Å². The van der Waals surface area contributed by atoms with E-state index >= 15 is 0 Å². The predicted molar refractivity (Wildman–Crippen MR) is 109 cm³/mol. The van der Waals surface area contributed by atoms with Gasteiger partial charge in [-0.1, -0.05) is 35.3 Å². The van der Waals surface area contributed by atoms with Crippen molar-refractivity contribution in [1.29, 1.82) is 0 Å². The Kier molecular flexibility index (Phi) is 4.98. The zero-order valence-electron chi connectivity index (χ0n) is 14.9. The molecule has 4 aromatic rings. The maximum atomic E-state index is 12.5. The Labute approximate surface area is 171 Å². The first-order valence-electron chi connectivity index (χ1n) is 8.49. The first kappa shape index (κ1) is 18.4. The molecule has 0 radical (unpaired) electrons. The lowest BCUT2D eigenvalue weighted by Crippen LogP contribution is -2.15. The van der Waals surface area contributed by atoms with Gasteiger partial charge in [-0.15, -0.1) is 0 Å². The number of halogens is 2. The largest absolute Gasteiger partial charge is 0.487 e. The van der Waals surface area contributed by atoms with Gasteiger partial charge >= 0.3 is 0 Å². The number of nitrogens with zero attached hydrogens (tertiary/aromatic N) is 3. The summed E-state index contributed by atoms with van der Waals surface area (Å²) in [5, 5.41) is 3.47. The molecular formula is C20H16Cl2N4O2. The van der Waals surface area contributed by atoms with Crippen LogP contribution in [0.15, 0.2) is 60.9 Å². The van der Waals surface area contributed by atoms with Gasteiger partial charge in [-0.05, 0) is 30.3 Å². The van der Waals surface area contributed by atoms with Crippen LogP contribution < -0.4 is 10.1 Å². The van der Waals surface area contributed by atoms with Gasteiger partial charge in [0.15, 0.2) is 0 Å². The first-order valence-corrected chi connectivity index (χ1v) is 9.24. The van der Waals surface area contributed by atoms with Crippen molar-refractivity contribution in [3.8, 4) is 5.75 Å². The quantitative estimate of drug-likeness (QED) is 0.509. The van der Waals surface area contributed by atoms with Gasteiger partial charge in [-0.2, -0.15) is 0 Å². The molecule has 0 atom stereocenters. The summed E-state index contributed by atoms with van der Waals surface area (Å²) >= 11 is 12.0. The van der Waals surface area contributed by atoms with Crippen molar-refractivity contribution in [2.75, 3.05) is 5.32 Å². The summed E-state index contributed by atoms with van der Waals surface area (Å²) in [6.45, 7) is 0.322. The summed E-state index contributed by atoms with van der Waals surface area (Å²) in [5.74, 6) is 0.312. The number of anilines is 1. The van der Waals surface area contributed by atoms with E-state index in [1.165, 1.54) is 10.6 Å². The molecule has 0 unspecified atom stereocenters. The zero-order valence-corrected chi connectivity index (χ0v) is 16.4. The van der Waals surface area contributed by atoms with Crippen LogP contribution >= 0.6 is 23.2 Å². The maximum Gasteiger partial charge on any atom is 0.272 e.